The lowest BCUT2D eigenvalue weighted by molar-refractivity contribution is 0.752. The van der Waals surface area contributed by atoms with Gasteiger partial charge in [0.15, 0.2) is 5.13 Å². The minimum Gasteiger partial charge on any atom is -0.346 e. The Morgan fingerprint density at radius 1 is 1.41 bits per heavy atom. The zero-order chi connectivity index (χ0) is 12.0. The Hall–Kier alpha value is -1.13. The summed E-state index contributed by atoms with van der Waals surface area (Å²) in [6.07, 6.45) is 1.08. The van der Waals surface area contributed by atoms with E-state index in [2.05, 4.69) is 30.9 Å². The quantitative estimate of drug-likeness (QED) is 0.841. The lowest BCUT2D eigenvalue weighted by atomic mass is 10.1. The molecule has 3 nitrogen and oxygen atoms in total. The molecule has 2 heterocycles. The Morgan fingerprint density at radius 3 is 2.94 bits per heavy atom. The van der Waals surface area contributed by atoms with Gasteiger partial charge in [0.05, 0.1) is 10.2 Å². The standard InChI is InChI=1S/C13H17N3S/c1-8-3-4-11-12(9(8)2)15-13(17-11)16-6-5-10(14)7-16/h3-4,10H,5-7,14H2,1-2H3. The van der Waals surface area contributed by atoms with Crippen molar-refractivity contribution in [2.75, 3.05) is 18.0 Å². The number of hydrogen-bond donors (Lipinski definition) is 1. The van der Waals surface area contributed by atoms with Crippen LogP contribution in [0.15, 0.2) is 12.1 Å². The van der Waals surface area contributed by atoms with Gasteiger partial charge in [0.1, 0.15) is 0 Å². The summed E-state index contributed by atoms with van der Waals surface area (Å²) in [6.45, 7) is 6.27. The highest BCUT2D eigenvalue weighted by Gasteiger charge is 2.22. The Labute approximate surface area is 105 Å². The number of aromatic nitrogens is 1. The highest BCUT2D eigenvalue weighted by molar-refractivity contribution is 7.22. The third kappa shape index (κ3) is 1.81. The highest BCUT2D eigenvalue weighted by atomic mass is 32.1. The van der Waals surface area contributed by atoms with Crippen LogP contribution in [-0.2, 0) is 0 Å². The molecule has 17 heavy (non-hydrogen) atoms. The normalized spacial score (nSPS) is 20.4. The van der Waals surface area contributed by atoms with E-state index in [9.17, 15) is 0 Å². The summed E-state index contributed by atoms with van der Waals surface area (Å²) in [4.78, 5) is 7.09. The number of nitrogens with zero attached hydrogens (tertiary/aromatic N) is 2. The SMILES string of the molecule is Cc1ccc2sc(N3CCC(N)C3)nc2c1C. The zero-order valence-corrected chi connectivity index (χ0v) is 11.0. The van der Waals surface area contributed by atoms with Crippen molar-refractivity contribution >= 4 is 26.7 Å². The molecular weight excluding hydrogens is 230 g/mol. The van der Waals surface area contributed by atoms with E-state index in [1.807, 2.05) is 0 Å². The molecule has 2 aromatic rings. The fourth-order valence-electron chi connectivity index (χ4n) is 2.31. The van der Waals surface area contributed by atoms with E-state index in [0.717, 1.165) is 30.2 Å². The first kappa shape index (κ1) is 11.0. The smallest absolute Gasteiger partial charge is 0.186 e. The van der Waals surface area contributed by atoms with Crippen LogP contribution in [0.1, 0.15) is 17.5 Å². The lowest BCUT2D eigenvalue weighted by Crippen LogP contribution is -2.26. The third-order valence-corrected chi connectivity index (χ3v) is 4.65. The molecule has 1 fully saturated rings. The molecule has 0 radical (unpaired) electrons. The highest BCUT2D eigenvalue weighted by Crippen LogP contribution is 2.33. The summed E-state index contributed by atoms with van der Waals surface area (Å²) in [5.74, 6) is 0. The first-order valence-electron chi connectivity index (χ1n) is 6.02. The topological polar surface area (TPSA) is 42.1 Å². The summed E-state index contributed by atoms with van der Waals surface area (Å²) < 4.78 is 1.28. The van der Waals surface area contributed by atoms with Crippen LogP contribution in [-0.4, -0.2) is 24.1 Å². The van der Waals surface area contributed by atoms with Crippen LogP contribution in [0.5, 0.6) is 0 Å². The third-order valence-electron chi connectivity index (χ3n) is 3.57. The van der Waals surface area contributed by atoms with Gasteiger partial charge in [0.25, 0.3) is 0 Å². The second kappa shape index (κ2) is 3.96. The first-order chi connectivity index (χ1) is 8.15. The van der Waals surface area contributed by atoms with E-state index in [-0.39, 0.29) is 0 Å². The number of fused-ring (bicyclic) bond motifs is 1. The predicted molar refractivity (Wildman–Crippen MR) is 73.9 cm³/mol. The number of benzene rings is 1. The molecule has 3 rings (SSSR count). The Kier molecular flexibility index (Phi) is 2.56. The van der Waals surface area contributed by atoms with Crippen LogP contribution >= 0.6 is 11.3 Å². The Balaban J connectivity index is 2.05. The molecule has 0 bridgehead atoms. The molecule has 1 aliphatic rings. The van der Waals surface area contributed by atoms with Crippen molar-refractivity contribution in [2.45, 2.75) is 26.3 Å². The van der Waals surface area contributed by atoms with Crippen LogP contribution in [0.25, 0.3) is 10.2 Å². The number of aryl methyl sites for hydroxylation is 2. The van der Waals surface area contributed by atoms with Crippen molar-refractivity contribution in [1.29, 1.82) is 0 Å². The van der Waals surface area contributed by atoms with Gasteiger partial charge in [-0.15, -0.1) is 0 Å². The molecule has 1 unspecified atom stereocenters. The van der Waals surface area contributed by atoms with Crippen molar-refractivity contribution in [3.63, 3.8) is 0 Å². The van der Waals surface area contributed by atoms with E-state index in [4.69, 9.17) is 10.7 Å². The average Bonchev–Trinajstić information content (AvgIpc) is 2.90. The summed E-state index contributed by atoms with van der Waals surface area (Å²) >= 11 is 1.78. The molecule has 1 aliphatic heterocycles. The van der Waals surface area contributed by atoms with Gasteiger partial charge in [0.2, 0.25) is 0 Å². The summed E-state index contributed by atoms with van der Waals surface area (Å²) in [7, 11) is 0. The van der Waals surface area contributed by atoms with Gasteiger partial charge in [-0.25, -0.2) is 4.98 Å². The first-order valence-corrected chi connectivity index (χ1v) is 6.84. The fraction of sp³-hybridized carbons (Fsp3) is 0.462. The van der Waals surface area contributed by atoms with Crippen molar-refractivity contribution in [1.82, 2.24) is 4.98 Å². The second-order valence-electron chi connectivity index (χ2n) is 4.85. The molecule has 1 aromatic carbocycles. The maximum atomic E-state index is 5.95. The summed E-state index contributed by atoms with van der Waals surface area (Å²) in [6, 6.07) is 4.66. The van der Waals surface area contributed by atoms with Crippen molar-refractivity contribution in [3.05, 3.63) is 23.3 Å². The van der Waals surface area contributed by atoms with E-state index < -0.39 is 0 Å². The van der Waals surface area contributed by atoms with Gasteiger partial charge in [-0.3, -0.25) is 0 Å². The lowest BCUT2D eigenvalue weighted by Gasteiger charge is -2.12. The molecular formula is C13H17N3S. The van der Waals surface area contributed by atoms with Gasteiger partial charge < -0.3 is 10.6 Å². The second-order valence-corrected chi connectivity index (χ2v) is 5.85. The van der Waals surface area contributed by atoms with Gasteiger partial charge in [-0.2, -0.15) is 0 Å². The molecule has 1 saturated heterocycles. The van der Waals surface area contributed by atoms with E-state index in [1.165, 1.54) is 15.8 Å². The van der Waals surface area contributed by atoms with Crippen molar-refractivity contribution in [2.24, 2.45) is 5.73 Å². The van der Waals surface area contributed by atoms with E-state index in [0.29, 0.717) is 6.04 Å². The Morgan fingerprint density at radius 2 is 2.24 bits per heavy atom. The van der Waals surface area contributed by atoms with Crippen molar-refractivity contribution in [3.8, 4) is 0 Å². The molecule has 1 aromatic heterocycles. The largest absolute Gasteiger partial charge is 0.346 e. The minimum atomic E-state index is 0.310. The zero-order valence-electron chi connectivity index (χ0n) is 10.2. The van der Waals surface area contributed by atoms with Crippen LogP contribution in [0.3, 0.4) is 0 Å². The monoisotopic (exact) mass is 247 g/mol. The molecule has 1 atom stereocenters. The molecule has 0 spiro atoms. The van der Waals surface area contributed by atoms with Crippen molar-refractivity contribution < 1.29 is 0 Å². The fourth-order valence-corrected chi connectivity index (χ4v) is 3.37. The molecule has 4 heteroatoms. The van der Waals surface area contributed by atoms with Gasteiger partial charge in [-0.05, 0) is 37.5 Å². The molecule has 0 amide bonds. The predicted octanol–water partition coefficient (Wildman–Crippen LogP) is 2.45. The van der Waals surface area contributed by atoms with E-state index >= 15 is 0 Å². The summed E-state index contributed by atoms with van der Waals surface area (Å²) in [5, 5.41) is 1.13. The Bertz CT molecular complexity index is 561. The van der Waals surface area contributed by atoms with E-state index in [1.54, 1.807) is 11.3 Å². The van der Waals surface area contributed by atoms with Crippen LogP contribution < -0.4 is 10.6 Å². The number of thiazole rings is 1. The molecule has 0 saturated carbocycles. The van der Waals surface area contributed by atoms with Gasteiger partial charge >= 0.3 is 0 Å². The average molecular weight is 247 g/mol. The maximum absolute atomic E-state index is 5.95. The van der Waals surface area contributed by atoms with Crippen LogP contribution in [0.2, 0.25) is 0 Å². The van der Waals surface area contributed by atoms with Crippen LogP contribution in [0.4, 0.5) is 5.13 Å². The molecule has 2 N–H and O–H groups in total. The summed E-state index contributed by atoms with van der Waals surface area (Å²) in [5.41, 5.74) is 9.72. The molecule has 0 aliphatic carbocycles. The number of hydrogen-bond acceptors (Lipinski definition) is 4. The number of nitrogens with two attached hydrogens (primary N) is 1. The van der Waals surface area contributed by atoms with Gasteiger partial charge in [-0.1, -0.05) is 17.4 Å². The minimum absolute atomic E-state index is 0.310. The number of rotatable bonds is 1. The van der Waals surface area contributed by atoms with Crippen LogP contribution in [0, 0.1) is 13.8 Å². The number of anilines is 1. The van der Waals surface area contributed by atoms with Gasteiger partial charge in [0, 0.05) is 19.1 Å². The molecule has 90 valence electrons. The maximum Gasteiger partial charge on any atom is 0.186 e.